The van der Waals surface area contributed by atoms with Crippen LogP contribution in [0, 0.1) is 11.7 Å². The Labute approximate surface area is 121 Å². The molecule has 0 unspecified atom stereocenters. The summed E-state index contributed by atoms with van der Waals surface area (Å²) in [6, 6.07) is 4.63. The van der Waals surface area contributed by atoms with E-state index in [9.17, 15) is 9.18 Å². The number of halogens is 1. The third kappa shape index (κ3) is 2.94. The Morgan fingerprint density at radius 3 is 2.71 bits per heavy atom. The van der Waals surface area contributed by atoms with Gasteiger partial charge in [-0.25, -0.2) is 14.4 Å². The molecular weight excluding hydrogens is 273 g/mol. The van der Waals surface area contributed by atoms with Crippen molar-refractivity contribution >= 4 is 22.7 Å². The molecule has 1 aromatic heterocycles. The number of hydrogen-bond acceptors (Lipinski definition) is 4. The van der Waals surface area contributed by atoms with Crippen molar-refractivity contribution in [3.05, 3.63) is 30.3 Å². The first-order valence-corrected chi connectivity index (χ1v) is 7.03. The van der Waals surface area contributed by atoms with Crippen LogP contribution < -0.4 is 5.32 Å². The zero-order valence-electron chi connectivity index (χ0n) is 11.4. The topological polar surface area (TPSA) is 75.1 Å². The van der Waals surface area contributed by atoms with Crippen molar-refractivity contribution in [2.45, 2.75) is 31.7 Å². The van der Waals surface area contributed by atoms with E-state index in [1.807, 2.05) is 0 Å². The minimum atomic E-state index is -0.712. The fourth-order valence-corrected chi connectivity index (χ4v) is 2.82. The van der Waals surface area contributed by atoms with Crippen LogP contribution in [-0.4, -0.2) is 27.1 Å². The molecule has 1 heterocycles. The van der Waals surface area contributed by atoms with Gasteiger partial charge in [-0.3, -0.25) is 4.79 Å². The van der Waals surface area contributed by atoms with Gasteiger partial charge in [-0.2, -0.15) is 0 Å². The molecule has 6 heteroatoms. The zero-order chi connectivity index (χ0) is 14.8. The van der Waals surface area contributed by atoms with E-state index >= 15 is 0 Å². The summed E-state index contributed by atoms with van der Waals surface area (Å²) < 4.78 is 13.2. The second kappa shape index (κ2) is 5.63. The minimum absolute atomic E-state index is 0.198. The Morgan fingerprint density at radius 1 is 1.24 bits per heavy atom. The third-order valence-electron chi connectivity index (χ3n) is 4.02. The number of fused-ring (bicyclic) bond motifs is 1. The first-order valence-electron chi connectivity index (χ1n) is 7.03. The monoisotopic (exact) mass is 289 g/mol. The molecule has 1 saturated carbocycles. The van der Waals surface area contributed by atoms with Crippen molar-refractivity contribution in [3.8, 4) is 0 Å². The number of aliphatic carboxylic acids is 1. The number of benzene rings is 1. The molecule has 110 valence electrons. The lowest BCUT2D eigenvalue weighted by atomic mass is 9.86. The molecule has 21 heavy (non-hydrogen) atoms. The van der Waals surface area contributed by atoms with Crippen molar-refractivity contribution in [1.82, 2.24) is 9.97 Å². The summed E-state index contributed by atoms with van der Waals surface area (Å²) in [4.78, 5) is 19.2. The Kier molecular flexibility index (Phi) is 3.68. The van der Waals surface area contributed by atoms with Crippen LogP contribution in [0.25, 0.3) is 10.9 Å². The molecule has 3 rings (SSSR count). The van der Waals surface area contributed by atoms with Gasteiger partial charge in [0.1, 0.15) is 18.0 Å². The molecule has 0 saturated heterocycles. The second-order valence-corrected chi connectivity index (χ2v) is 5.41. The van der Waals surface area contributed by atoms with Crippen LogP contribution in [0.15, 0.2) is 24.5 Å². The summed E-state index contributed by atoms with van der Waals surface area (Å²) in [7, 11) is 0. The molecule has 0 bridgehead atoms. The van der Waals surface area contributed by atoms with E-state index in [-0.39, 0.29) is 17.8 Å². The lowest BCUT2D eigenvalue weighted by Gasteiger charge is -2.27. The lowest BCUT2D eigenvalue weighted by Crippen LogP contribution is -2.29. The average Bonchev–Trinajstić information content (AvgIpc) is 2.47. The van der Waals surface area contributed by atoms with E-state index in [0.717, 1.165) is 18.2 Å². The average molecular weight is 289 g/mol. The number of rotatable bonds is 3. The van der Waals surface area contributed by atoms with Crippen LogP contribution in [-0.2, 0) is 4.79 Å². The molecule has 0 atom stereocenters. The van der Waals surface area contributed by atoms with E-state index in [1.165, 1.54) is 18.5 Å². The van der Waals surface area contributed by atoms with Gasteiger partial charge in [-0.15, -0.1) is 0 Å². The normalized spacial score (nSPS) is 22.1. The van der Waals surface area contributed by atoms with Gasteiger partial charge in [-0.05, 0) is 37.8 Å². The van der Waals surface area contributed by atoms with Crippen molar-refractivity contribution in [2.75, 3.05) is 5.32 Å². The van der Waals surface area contributed by atoms with Crippen LogP contribution >= 0.6 is 0 Å². The van der Waals surface area contributed by atoms with Crippen LogP contribution in [0.5, 0.6) is 0 Å². The van der Waals surface area contributed by atoms with Gasteiger partial charge in [0.15, 0.2) is 0 Å². The van der Waals surface area contributed by atoms with Crippen LogP contribution in [0.3, 0.4) is 0 Å². The van der Waals surface area contributed by atoms with E-state index in [1.54, 1.807) is 6.07 Å². The Bertz CT molecular complexity index is 669. The molecule has 2 N–H and O–H groups in total. The van der Waals surface area contributed by atoms with Crippen molar-refractivity contribution in [3.63, 3.8) is 0 Å². The number of anilines is 1. The largest absolute Gasteiger partial charge is 0.481 e. The fraction of sp³-hybridized carbons (Fsp3) is 0.400. The van der Waals surface area contributed by atoms with Gasteiger partial charge < -0.3 is 10.4 Å². The fourth-order valence-electron chi connectivity index (χ4n) is 2.82. The maximum atomic E-state index is 13.2. The highest BCUT2D eigenvalue weighted by Gasteiger charge is 2.26. The molecule has 0 spiro atoms. The maximum Gasteiger partial charge on any atom is 0.306 e. The smallest absolute Gasteiger partial charge is 0.306 e. The molecule has 1 fully saturated rings. The molecule has 5 nitrogen and oxygen atoms in total. The van der Waals surface area contributed by atoms with Gasteiger partial charge in [0.25, 0.3) is 0 Å². The quantitative estimate of drug-likeness (QED) is 0.908. The highest BCUT2D eigenvalue weighted by molar-refractivity contribution is 5.88. The molecule has 1 aliphatic rings. The van der Waals surface area contributed by atoms with Gasteiger partial charge in [0, 0.05) is 17.5 Å². The number of aromatic nitrogens is 2. The van der Waals surface area contributed by atoms with Crippen LogP contribution in [0.2, 0.25) is 0 Å². The van der Waals surface area contributed by atoms with Crippen molar-refractivity contribution in [1.29, 1.82) is 0 Å². The first kappa shape index (κ1) is 13.7. The molecule has 0 radical (unpaired) electrons. The summed E-state index contributed by atoms with van der Waals surface area (Å²) in [6.07, 6.45) is 4.34. The SMILES string of the molecule is O=C(O)C1CCC(Nc2ncnc3cc(F)ccc23)CC1. The molecule has 0 aliphatic heterocycles. The standard InChI is InChI=1S/C15H16FN3O2/c16-10-3-6-12-13(7-10)17-8-18-14(12)19-11-4-1-9(2-5-11)15(20)21/h3,6-9,11H,1-2,4-5H2,(H,20,21)(H,17,18,19). The summed E-state index contributed by atoms with van der Waals surface area (Å²) in [6.45, 7) is 0. The van der Waals surface area contributed by atoms with Crippen LogP contribution in [0.4, 0.5) is 10.2 Å². The predicted molar refractivity (Wildman–Crippen MR) is 76.5 cm³/mol. The summed E-state index contributed by atoms with van der Waals surface area (Å²) in [5.74, 6) is -0.594. The number of nitrogens with zero attached hydrogens (tertiary/aromatic N) is 2. The molecular formula is C15H16FN3O2. The molecule has 1 aromatic carbocycles. The number of carboxylic acids is 1. The molecule has 1 aliphatic carbocycles. The van der Waals surface area contributed by atoms with E-state index < -0.39 is 5.97 Å². The van der Waals surface area contributed by atoms with Crippen LogP contribution in [0.1, 0.15) is 25.7 Å². The predicted octanol–water partition coefficient (Wildman–Crippen LogP) is 2.82. The molecule has 2 aromatic rings. The van der Waals surface area contributed by atoms with Gasteiger partial charge >= 0.3 is 5.97 Å². The van der Waals surface area contributed by atoms with Crippen molar-refractivity contribution in [2.24, 2.45) is 5.92 Å². The highest BCUT2D eigenvalue weighted by atomic mass is 19.1. The van der Waals surface area contributed by atoms with E-state index in [4.69, 9.17) is 5.11 Å². The summed E-state index contributed by atoms with van der Waals surface area (Å²) >= 11 is 0. The summed E-state index contributed by atoms with van der Waals surface area (Å²) in [5, 5.41) is 13.1. The second-order valence-electron chi connectivity index (χ2n) is 5.41. The number of hydrogen-bond donors (Lipinski definition) is 2. The Balaban J connectivity index is 1.75. The lowest BCUT2D eigenvalue weighted by molar-refractivity contribution is -0.142. The number of carboxylic acid groups (broad SMARTS) is 1. The first-order chi connectivity index (χ1) is 10.1. The van der Waals surface area contributed by atoms with Crippen molar-refractivity contribution < 1.29 is 14.3 Å². The number of nitrogens with one attached hydrogen (secondary N) is 1. The number of carbonyl (C=O) groups is 1. The highest BCUT2D eigenvalue weighted by Crippen LogP contribution is 2.28. The Hall–Kier alpha value is -2.24. The Morgan fingerprint density at radius 2 is 2.00 bits per heavy atom. The summed E-state index contributed by atoms with van der Waals surface area (Å²) in [5.41, 5.74) is 0.562. The van der Waals surface area contributed by atoms with E-state index in [0.29, 0.717) is 24.2 Å². The van der Waals surface area contributed by atoms with Gasteiger partial charge in [0.05, 0.1) is 11.4 Å². The minimum Gasteiger partial charge on any atom is -0.481 e. The third-order valence-corrected chi connectivity index (χ3v) is 4.02. The van der Waals surface area contributed by atoms with Gasteiger partial charge in [0.2, 0.25) is 0 Å². The van der Waals surface area contributed by atoms with E-state index in [2.05, 4.69) is 15.3 Å². The maximum absolute atomic E-state index is 13.2. The molecule has 0 amide bonds. The zero-order valence-corrected chi connectivity index (χ0v) is 11.4. The van der Waals surface area contributed by atoms with Gasteiger partial charge in [-0.1, -0.05) is 0 Å².